The molecule has 0 amide bonds. The van der Waals surface area contributed by atoms with Gasteiger partial charge in [-0.15, -0.1) is 11.3 Å². The van der Waals surface area contributed by atoms with Crippen molar-refractivity contribution >= 4 is 31.5 Å². The number of thiophene rings is 1. The van der Waals surface area contributed by atoms with Gasteiger partial charge in [-0.05, 0) is 29.3 Å². The molecular weight excluding hydrogens is 446 g/mol. The SMILES string of the molecule is CC(C)(C)c1nc(-c2cccc(-c3ccccc3)c2)nc(-c2cccc3sc4ccccc4c23)n1. The second kappa shape index (κ2) is 8.40. The second-order valence-corrected chi connectivity index (χ2v) is 10.9. The van der Waals surface area contributed by atoms with Gasteiger partial charge in [0.1, 0.15) is 5.82 Å². The maximum absolute atomic E-state index is 5.04. The minimum atomic E-state index is -0.214. The van der Waals surface area contributed by atoms with Gasteiger partial charge in [-0.3, -0.25) is 0 Å². The minimum Gasteiger partial charge on any atom is -0.212 e. The first kappa shape index (κ1) is 21.6. The predicted molar refractivity (Wildman–Crippen MR) is 148 cm³/mol. The Bertz CT molecular complexity index is 1680. The summed E-state index contributed by atoms with van der Waals surface area (Å²) in [4.78, 5) is 15.0. The smallest absolute Gasteiger partial charge is 0.164 e. The lowest BCUT2D eigenvalue weighted by molar-refractivity contribution is 0.543. The molecule has 0 aliphatic carbocycles. The number of benzene rings is 4. The van der Waals surface area contributed by atoms with Gasteiger partial charge in [-0.2, -0.15) is 0 Å². The third kappa shape index (κ3) is 4.00. The zero-order valence-electron chi connectivity index (χ0n) is 20.0. The molecule has 4 heteroatoms. The maximum Gasteiger partial charge on any atom is 0.164 e. The molecule has 0 aliphatic heterocycles. The Kier molecular flexibility index (Phi) is 5.19. The van der Waals surface area contributed by atoms with Crippen LogP contribution in [0.5, 0.6) is 0 Å². The van der Waals surface area contributed by atoms with Crippen molar-refractivity contribution in [2.24, 2.45) is 0 Å². The Hall–Kier alpha value is -3.89. The van der Waals surface area contributed by atoms with Crippen LogP contribution in [0.15, 0.2) is 97.1 Å². The first-order chi connectivity index (χ1) is 17.0. The van der Waals surface area contributed by atoms with Crippen molar-refractivity contribution in [3.63, 3.8) is 0 Å². The van der Waals surface area contributed by atoms with E-state index in [0.717, 1.165) is 28.3 Å². The molecule has 2 heterocycles. The van der Waals surface area contributed by atoms with E-state index in [1.165, 1.54) is 25.7 Å². The Morgan fingerprint density at radius 2 is 1.23 bits per heavy atom. The lowest BCUT2D eigenvalue weighted by Crippen LogP contribution is -2.18. The molecule has 0 saturated heterocycles. The van der Waals surface area contributed by atoms with Crippen LogP contribution in [-0.4, -0.2) is 15.0 Å². The summed E-state index contributed by atoms with van der Waals surface area (Å²) in [6.45, 7) is 6.45. The molecule has 0 atom stereocenters. The molecule has 35 heavy (non-hydrogen) atoms. The quantitative estimate of drug-likeness (QED) is 0.259. The molecule has 3 nitrogen and oxygen atoms in total. The third-order valence-corrected chi connectivity index (χ3v) is 7.31. The van der Waals surface area contributed by atoms with Crippen LogP contribution in [0.25, 0.3) is 54.1 Å². The Labute approximate surface area is 209 Å². The average molecular weight is 472 g/mol. The van der Waals surface area contributed by atoms with Crippen molar-refractivity contribution in [1.82, 2.24) is 15.0 Å². The largest absolute Gasteiger partial charge is 0.212 e. The van der Waals surface area contributed by atoms with Crippen LogP contribution >= 0.6 is 11.3 Å². The summed E-state index contributed by atoms with van der Waals surface area (Å²) in [5, 5.41) is 2.46. The standard InChI is InChI=1S/C31H25N3S/c1-31(2,3)30-33-28(22-14-9-13-21(19-22)20-11-5-4-6-12-20)32-29(34-30)24-16-10-18-26-27(24)23-15-7-8-17-25(23)35-26/h4-19H,1-3H3. The van der Waals surface area contributed by atoms with Crippen molar-refractivity contribution in [3.05, 3.63) is 103 Å². The van der Waals surface area contributed by atoms with Crippen LogP contribution < -0.4 is 0 Å². The molecule has 0 unspecified atom stereocenters. The summed E-state index contributed by atoms with van der Waals surface area (Å²) in [5.74, 6) is 2.22. The van der Waals surface area contributed by atoms with E-state index in [2.05, 4.69) is 112 Å². The zero-order chi connectivity index (χ0) is 24.0. The van der Waals surface area contributed by atoms with Crippen LogP contribution in [-0.2, 0) is 5.41 Å². The van der Waals surface area contributed by atoms with Crippen molar-refractivity contribution in [2.75, 3.05) is 0 Å². The zero-order valence-corrected chi connectivity index (χ0v) is 20.8. The van der Waals surface area contributed by atoms with Crippen molar-refractivity contribution in [1.29, 1.82) is 0 Å². The van der Waals surface area contributed by atoms with E-state index in [-0.39, 0.29) is 5.41 Å². The molecule has 0 aliphatic rings. The predicted octanol–water partition coefficient (Wildman–Crippen LogP) is 8.54. The third-order valence-electron chi connectivity index (χ3n) is 6.18. The Balaban J connectivity index is 1.58. The molecule has 6 rings (SSSR count). The van der Waals surface area contributed by atoms with E-state index in [1.54, 1.807) is 0 Å². The molecule has 0 N–H and O–H groups in total. The van der Waals surface area contributed by atoms with Crippen molar-refractivity contribution < 1.29 is 0 Å². The van der Waals surface area contributed by atoms with E-state index < -0.39 is 0 Å². The number of hydrogen-bond donors (Lipinski definition) is 0. The van der Waals surface area contributed by atoms with Gasteiger partial charge in [0.2, 0.25) is 0 Å². The van der Waals surface area contributed by atoms with E-state index >= 15 is 0 Å². The van der Waals surface area contributed by atoms with Crippen LogP contribution in [0.4, 0.5) is 0 Å². The maximum atomic E-state index is 5.04. The van der Waals surface area contributed by atoms with Gasteiger partial charge in [0.05, 0.1) is 0 Å². The van der Waals surface area contributed by atoms with Crippen molar-refractivity contribution in [2.45, 2.75) is 26.2 Å². The summed E-state index contributed by atoms with van der Waals surface area (Å²) in [6, 6.07) is 33.8. The van der Waals surface area contributed by atoms with Crippen LogP contribution in [0, 0.1) is 0 Å². The molecule has 6 aromatic rings. The fraction of sp³-hybridized carbons (Fsp3) is 0.129. The molecule has 0 fully saturated rings. The number of hydrogen-bond acceptors (Lipinski definition) is 4. The fourth-order valence-corrected chi connectivity index (χ4v) is 5.52. The molecular formula is C31H25N3S. The lowest BCUT2D eigenvalue weighted by atomic mass is 9.95. The molecule has 170 valence electrons. The van der Waals surface area contributed by atoms with E-state index in [4.69, 9.17) is 15.0 Å². The highest BCUT2D eigenvalue weighted by Gasteiger charge is 2.22. The highest BCUT2D eigenvalue weighted by atomic mass is 32.1. The molecule has 0 radical (unpaired) electrons. The van der Waals surface area contributed by atoms with Gasteiger partial charge in [-0.25, -0.2) is 15.0 Å². The minimum absolute atomic E-state index is 0.214. The summed E-state index contributed by atoms with van der Waals surface area (Å²) in [5.41, 5.74) is 4.15. The van der Waals surface area contributed by atoms with Gasteiger partial charge in [-0.1, -0.05) is 99.6 Å². The van der Waals surface area contributed by atoms with Gasteiger partial charge >= 0.3 is 0 Å². The molecule has 0 saturated carbocycles. The number of fused-ring (bicyclic) bond motifs is 3. The highest BCUT2D eigenvalue weighted by molar-refractivity contribution is 7.25. The topological polar surface area (TPSA) is 38.7 Å². The average Bonchev–Trinajstić information content (AvgIpc) is 3.27. The van der Waals surface area contributed by atoms with Crippen molar-refractivity contribution in [3.8, 4) is 33.9 Å². The highest BCUT2D eigenvalue weighted by Crippen LogP contribution is 2.39. The number of nitrogens with zero attached hydrogens (tertiary/aromatic N) is 3. The van der Waals surface area contributed by atoms with E-state index in [9.17, 15) is 0 Å². The summed E-state index contributed by atoms with van der Waals surface area (Å²) < 4.78 is 2.52. The summed E-state index contributed by atoms with van der Waals surface area (Å²) in [7, 11) is 0. The Morgan fingerprint density at radius 3 is 2.06 bits per heavy atom. The lowest BCUT2D eigenvalue weighted by Gasteiger charge is -2.18. The number of rotatable bonds is 3. The van der Waals surface area contributed by atoms with E-state index in [0.29, 0.717) is 5.82 Å². The second-order valence-electron chi connectivity index (χ2n) is 9.78. The van der Waals surface area contributed by atoms with Crippen LogP contribution in [0.3, 0.4) is 0 Å². The summed E-state index contributed by atoms with van der Waals surface area (Å²) in [6.07, 6.45) is 0. The van der Waals surface area contributed by atoms with Gasteiger partial charge in [0.25, 0.3) is 0 Å². The Morgan fingerprint density at radius 1 is 0.571 bits per heavy atom. The first-order valence-corrected chi connectivity index (χ1v) is 12.6. The van der Waals surface area contributed by atoms with Gasteiger partial charge < -0.3 is 0 Å². The summed E-state index contributed by atoms with van der Waals surface area (Å²) >= 11 is 1.81. The van der Waals surface area contributed by atoms with Gasteiger partial charge in [0, 0.05) is 36.7 Å². The fourth-order valence-electron chi connectivity index (χ4n) is 4.39. The van der Waals surface area contributed by atoms with E-state index in [1.807, 2.05) is 17.4 Å². The monoisotopic (exact) mass is 471 g/mol. The number of aromatic nitrogens is 3. The van der Waals surface area contributed by atoms with Crippen LogP contribution in [0.2, 0.25) is 0 Å². The molecule has 4 aromatic carbocycles. The molecule has 2 aromatic heterocycles. The van der Waals surface area contributed by atoms with Crippen LogP contribution in [0.1, 0.15) is 26.6 Å². The molecule has 0 spiro atoms. The molecule has 0 bridgehead atoms. The first-order valence-electron chi connectivity index (χ1n) is 11.8. The van der Waals surface area contributed by atoms with Gasteiger partial charge in [0.15, 0.2) is 11.6 Å². The normalized spacial score (nSPS) is 11.9.